The lowest BCUT2D eigenvalue weighted by atomic mass is 10.2. The molecule has 2 atom stereocenters. The van der Waals surface area contributed by atoms with Crippen LogP contribution in [0.4, 0.5) is 5.69 Å². The molecule has 0 amide bonds. The van der Waals surface area contributed by atoms with E-state index in [4.69, 9.17) is 16.3 Å². The molecule has 0 bridgehead atoms. The van der Waals surface area contributed by atoms with E-state index >= 15 is 0 Å². The minimum atomic E-state index is -3.69. The zero-order valence-electron chi connectivity index (χ0n) is 15.3. The Hall–Kier alpha value is -1.87. The van der Waals surface area contributed by atoms with Crippen LogP contribution in [0, 0.1) is 0 Å². The van der Waals surface area contributed by atoms with Crippen molar-refractivity contribution in [3.63, 3.8) is 0 Å². The van der Waals surface area contributed by atoms with Crippen LogP contribution >= 0.6 is 11.6 Å². The number of halogens is 1. The zero-order chi connectivity index (χ0) is 19.6. The largest absolute Gasteiger partial charge is 0.378 e. The number of benzene rings is 1. The number of sulfonamides is 1. The normalized spacial score (nSPS) is 20.7. The summed E-state index contributed by atoms with van der Waals surface area (Å²) >= 11 is 6.05. The van der Waals surface area contributed by atoms with Gasteiger partial charge in [-0.05, 0) is 25.1 Å². The summed E-state index contributed by atoms with van der Waals surface area (Å²) in [5, 5.41) is 3.98. The fraction of sp³-hybridized carbons (Fsp3) is 0.389. The van der Waals surface area contributed by atoms with E-state index in [1.165, 1.54) is 16.8 Å². The molecule has 1 aliphatic heterocycles. The molecular weight excluding hydrogens is 388 g/mol. The van der Waals surface area contributed by atoms with E-state index in [-0.39, 0.29) is 30.3 Å². The predicted molar refractivity (Wildman–Crippen MR) is 105 cm³/mol. The van der Waals surface area contributed by atoms with Crippen LogP contribution in [-0.2, 0) is 21.8 Å². The van der Waals surface area contributed by atoms with Crippen molar-refractivity contribution in [3.05, 3.63) is 54.0 Å². The van der Waals surface area contributed by atoms with Gasteiger partial charge in [0.1, 0.15) is 0 Å². The Labute approximate surface area is 164 Å². The van der Waals surface area contributed by atoms with E-state index in [0.29, 0.717) is 11.6 Å². The lowest BCUT2D eigenvalue weighted by molar-refractivity contribution is 0.0747. The van der Waals surface area contributed by atoms with E-state index < -0.39 is 10.0 Å². The highest BCUT2D eigenvalue weighted by molar-refractivity contribution is 7.89. The van der Waals surface area contributed by atoms with Crippen LogP contribution < -0.4 is 5.32 Å². The number of nitrogens with zero attached hydrogens (tertiary/aromatic N) is 3. The summed E-state index contributed by atoms with van der Waals surface area (Å²) in [6.45, 7) is 6.60. The fourth-order valence-corrected chi connectivity index (χ4v) is 4.57. The summed E-state index contributed by atoms with van der Waals surface area (Å²) in [7, 11) is -1.96. The van der Waals surface area contributed by atoms with Crippen molar-refractivity contribution in [2.24, 2.45) is 7.05 Å². The Morgan fingerprint density at radius 1 is 1.44 bits per heavy atom. The fourth-order valence-electron chi connectivity index (χ4n) is 2.94. The Kier molecular flexibility index (Phi) is 5.90. The first kappa shape index (κ1) is 19.9. The zero-order valence-corrected chi connectivity index (χ0v) is 16.9. The van der Waals surface area contributed by atoms with Crippen molar-refractivity contribution in [1.29, 1.82) is 0 Å². The van der Waals surface area contributed by atoms with Crippen molar-refractivity contribution in [2.75, 3.05) is 25.0 Å². The van der Waals surface area contributed by atoms with Crippen molar-refractivity contribution >= 4 is 27.3 Å². The van der Waals surface area contributed by atoms with E-state index in [9.17, 15) is 8.42 Å². The van der Waals surface area contributed by atoms with Gasteiger partial charge in [0.05, 0.1) is 25.1 Å². The van der Waals surface area contributed by atoms with Crippen molar-refractivity contribution in [3.8, 4) is 0 Å². The molecule has 0 aliphatic carbocycles. The van der Waals surface area contributed by atoms with Crippen LogP contribution in [0.3, 0.4) is 0 Å². The predicted octanol–water partition coefficient (Wildman–Crippen LogP) is 2.52. The van der Waals surface area contributed by atoms with Crippen LogP contribution in [0.2, 0.25) is 5.02 Å². The number of aryl methyl sites for hydroxylation is 1. The topological polar surface area (TPSA) is 76.5 Å². The summed E-state index contributed by atoms with van der Waals surface area (Å²) < 4.78 is 34.8. The molecule has 0 unspecified atom stereocenters. The Morgan fingerprint density at radius 2 is 2.22 bits per heavy atom. The molecule has 1 aliphatic rings. The molecule has 1 fully saturated rings. The summed E-state index contributed by atoms with van der Waals surface area (Å²) in [6.07, 6.45) is 2.65. The number of hydrogen-bond acceptors (Lipinski definition) is 5. The maximum Gasteiger partial charge on any atom is 0.262 e. The number of anilines is 1. The first-order valence-electron chi connectivity index (χ1n) is 8.52. The van der Waals surface area contributed by atoms with Gasteiger partial charge in [0.15, 0.2) is 5.03 Å². The van der Waals surface area contributed by atoms with Crippen molar-refractivity contribution < 1.29 is 13.2 Å². The second kappa shape index (κ2) is 8.02. The third kappa shape index (κ3) is 4.70. The highest BCUT2D eigenvalue weighted by Crippen LogP contribution is 2.25. The molecule has 3 rings (SSSR count). The number of rotatable bonds is 7. The Bertz CT molecular complexity index is 928. The van der Waals surface area contributed by atoms with Crippen LogP contribution in [0.15, 0.2) is 54.0 Å². The molecule has 0 radical (unpaired) electrons. The van der Waals surface area contributed by atoms with E-state index in [2.05, 4.69) is 16.9 Å². The highest BCUT2D eigenvalue weighted by atomic mass is 35.5. The monoisotopic (exact) mass is 410 g/mol. The van der Waals surface area contributed by atoms with Crippen LogP contribution in [0.25, 0.3) is 0 Å². The van der Waals surface area contributed by atoms with E-state index in [1.54, 1.807) is 23.7 Å². The third-order valence-corrected chi connectivity index (χ3v) is 6.19. The smallest absolute Gasteiger partial charge is 0.262 e. The molecule has 0 spiro atoms. The Balaban J connectivity index is 1.81. The van der Waals surface area contributed by atoms with Gasteiger partial charge < -0.3 is 14.6 Å². The maximum absolute atomic E-state index is 12.9. The quantitative estimate of drug-likeness (QED) is 0.710. The molecule has 1 N–H and O–H groups in total. The molecule has 2 aromatic rings. The molecular formula is C18H23ClN4O3S. The average Bonchev–Trinajstić information content (AvgIpc) is 3.20. The number of nitrogens with one attached hydrogen (secondary N) is 1. The molecule has 146 valence electrons. The van der Waals surface area contributed by atoms with Crippen LogP contribution in [-0.4, -0.2) is 54.1 Å². The van der Waals surface area contributed by atoms with Gasteiger partial charge in [-0.15, -0.1) is 0 Å². The lowest BCUT2D eigenvalue weighted by Crippen LogP contribution is -2.34. The minimum absolute atomic E-state index is 0.0343. The molecule has 0 saturated carbocycles. The standard InChI is InChI=1S/C18H23ClN4O3S/c1-13(2)11-26-17-9-23(27(24,25)18-10-22(3)12-20-18)8-16(17)21-15-6-4-5-14(19)7-15/h4-7,10,12,16-17,21H,1,8-9,11H2,2-3H3/t16-,17-/m0/s1. The molecule has 27 heavy (non-hydrogen) atoms. The van der Waals surface area contributed by atoms with Gasteiger partial charge in [-0.2, -0.15) is 4.31 Å². The summed E-state index contributed by atoms with van der Waals surface area (Å²) in [4.78, 5) is 3.99. The summed E-state index contributed by atoms with van der Waals surface area (Å²) in [5.74, 6) is 0. The molecule has 7 nitrogen and oxygen atoms in total. The second-order valence-electron chi connectivity index (χ2n) is 6.77. The van der Waals surface area contributed by atoms with E-state index in [1.807, 2.05) is 19.1 Å². The number of hydrogen-bond donors (Lipinski definition) is 1. The SMILES string of the molecule is C=C(C)CO[C@H]1CN(S(=O)(=O)c2cn(C)cn2)C[C@@H]1Nc1cccc(Cl)c1. The van der Waals surface area contributed by atoms with Gasteiger partial charge in [0.25, 0.3) is 10.0 Å². The summed E-state index contributed by atoms with van der Waals surface area (Å²) in [5.41, 5.74) is 1.69. The average molecular weight is 411 g/mol. The highest BCUT2D eigenvalue weighted by Gasteiger charge is 2.41. The van der Waals surface area contributed by atoms with Gasteiger partial charge in [-0.25, -0.2) is 13.4 Å². The molecule has 2 heterocycles. The number of aromatic nitrogens is 2. The first-order chi connectivity index (χ1) is 12.8. The van der Waals surface area contributed by atoms with Crippen LogP contribution in [0.1, 0.15) is 6.92 Å². The van der Waals surface area contributed by atoms with Gasteiger partial charge >= 0.3 is 0 Å². The van der Waals surface area contributed by atoms with Gasteiger partial charge in [-0.3, -0.25) is 0 Å². The van der Waals surface area contributed by atoms with Gasteiger partial charge in [0, 0.05) is 37.0 Å². The third-order valence-electron chi connectivity index (χ3n) is 4.24. The second-order valence-corrected chi connectivity index (χ2v) is 9.09. The first-order valence-corrected chi connectivity index (χ1v) is 10.3. The Morgan fingerprint density at radius 3 is 2.85 bits per heavy atom. The maximum atomic E-state index is 12.9. The summed E-state index contributed by atoms with van der Waals surface area (Å²) in [6, 6.07) is 7.09. The van der Waals surface area contributed by atoms with Crippen LogP contribution in [0.5, 0.6) is 0 Å². The number of ether oxygens (including phenoxy) is 1. The molecule has 9 heteroatoms. The minimum Gasteiger partial charge on any atom is -0.378 e. The van der Waals surface area contributed by atoms with Gasteiger partial charge in [-0.1, -0.05) is 29.8 Å². The van der Waals surface area contributed by atoms with Gasteiger partial charge in [0.2, 0.25) is 0 Å². The van der Waals surface area contributed by atoms with Crippen molar-refractivity contribution in [1.82, 2.24) is 13.9 Å². The molecule has 1 aromatic heterocycles. The van der Waals surface area contributed by atoms with Crippen molar-refractivity contribution in [2.45, 2.75) is 24.1 Å². The number of imidazole rings is 1. The van der Waals surface area contributed by atoms with E-state index in [0.717, 1.165) is 11.3 Å². The molecule has 1 aromatic carbocycles. The molecule has 1 saturated heterocycles. The lowest BCUT2D eigenvalue weighted by Gasteiger charge is -2.21.